The van der Waals surface area contributed by atoms with Crippen LogP contribution in [0.25, 0.3) is 0 Å². The highest BCUT2D eigenvalue weighted by Crippen LogP contribution is 2.40. The van der Waals surface area contributed by atoms with Crippen molar-refractivity contribution in [3.05, 3.63) is 63.7 Å². The molecule has 1 unspecified atom stereocenters. The van der Waals surface area contributed by atoms with Gasteiger partial charge in [0.25, 0.3) is 5.91 Å². The first kappa shape index (κ1) is 20.4. The first-order chi connectivity index (χ1) is 14.2. The number of aromatic nitrogens is 2. The smallest absolute Gasteiger partial charge is 0.410 e. The molecule has 10 heteroatoms. The van der Waals surface area contributed by atoms with Gasteiger partial charge in [0.1, 0.15) is 24.0 Å². The lowest BCUT2D eigenvalue weighted by molar-refractivity contribution is -0.172. The molecule has 0 aliphatic carbocycles. The van der Waals surface area contributed by atoms with Gasteiger partial charge < -0.3 is 4.74 Å². The van der Waals surface area contributed by atoms with Crippen molar-refractivity contribution < 1.29 is 27.1 Å². The average Bonchev–Trinajstić information content (AvgIpc) is 3.30. The Morgan fingerprint density at radius 3 is 2.83 bits per heavy atom. The summed E-state index contributed by atoms with van der Waals surface area (Å²) in [4.78, 5) is 14.7. The zero-order valence-electron chi connectivity index (χ0n) is 15.8. The molecule has 0 fully saturated rings. The molecule has 2 aromatic heterocycles. The van der Waals surface area contributed by atoms with Crippen LogP contribution < -0.4 is 9.64 Å². The molecule has 5 nitrogen and oxygen atoms in total. The number of alkyl halides is 3. The van der Waals surface area contributed by atoms with Crippen molar-refractivity contribution in [3.8, 4) is 5.75 Å². The maximum Gasteiger partial charge on any atom is 0.410 e. The Hall–Kier alpha value is -2.88. The summed E-state index contributed by atoms with van der Waals surface area (Å²) in [6.45, 7) is 1.68. The molecular formula is C20H17F4N3O2S. The molecule has 1 aliphatic rings. The first-order valence-electron chi connectivity index (χ1n) is 9.13. The van der Waals surface area contributed by atoms with E-state index in [9.17, 15) is 22.4 Å². The summed E-state index contributed by atoms with van der Waals surface area (Å²) < 4.78 is 59.6. The molecule has 3 heterocycles. The summed E-state index contributed by atoms with van der Waals surface area (Å²) in [6.07, 6.45) is -4.70. The molecular weight excluding hydrogens is 422 g/mol. The highest BCUT2D eigenvalue weighted by atomic mass is 32.1. The van der Waals surface area contributed by atoms with Crippen LogP contribution in [0.3, 0.4) is 0 Å². The van der Waals surface area contributed by atoms with Gasteiger partial charge in [0.2, 0.25) is 0 Å². The number of ether oxygens (including phenoxy) is 1. The number of nitrogens with zero attached hydrogens (tertiary/aromatic N) is 3. The van der Waals surface area contributed by atoms with Crippen molar-refractivity contribution in [3.63, 3.8) is 0 Å². The third-order valence-electron chi connectivity index (χ3n) is 4.73. The molecule has 1 atom stereocenters. The SMILES string of the molecule is Cc1cc2n(n1)C(C(F)(F)F)CCN2C(=O)c1cc(COc2cccc(F)c2)cs1. The zero-order chi connectivity index (χ0) is 21.5. The van der Waals surface area contributed by atoms with E-state index in [2.05, 4.69) is 5.10 Å². The van der Waals surface area contributed by atoms with Crippen molar-refractivity contribution >= 4 is 23.1 Å². The molecule has 158 valence electrons. The van der Waals surface area contributed by atoms with E-state index in [0.717, 1.165) is 4.68 Å². The van der Waals surface area contributed by atoms with E-state index in [-0.39, 0.29) is 25.4 Å². The number of carbonyl (C=O) groups excluding carboxylic acids is 1. The highest BCUT2D eigenvalue weighted by Gasteiger charge is 2.46. The number of benzene rings is 1. The fraction of sp³-hybridized carbons (Fsp3) is 0.300. The van der Waals surface area contributed by atoms with E-state index < -0.39 is 23.9 Å². The Kier molecular flexibility index (Phi) is 5.27. The molecule has 0 spiro atoms. The third kappa shape index (κ3) is 4.04. The zero-order valence-corrected chi connectivity index (χ0v) is 16.6. The lowest BCUT2D eigenvalue weighted by atomic mass is 10.1. The summed E-state index contributed by atoms with van der Waals surface area (Å²) in [5.74, 6) is -0.304. The number of hydrogen-bond donors (Lipinski definition) is 0. The largest absolute Gasteiger partial charge is 0.489 e. The van der Waals surface area contributed by atoms with E-state index in [0.29, 0.717) is 21.9 Å². The van der Waals surface area contributed by atoms with Gasteiger partial charge in [0, 0.05) is 24.2 Å². The Balaban J connectivity index is 1.51. The molecule has 4 rings (SSSR count). The highest BCUT2D eigenvalue weighted by molar-refractivity contribution is 7.12. The second-order valence-electron chi connectivity index (χ2n) is 6.96. The maximum atomic E-state index is 13.3. The number of fused-ring (bicyclic) bond motifs is 1. The predicted octanol–water partition coefficient (Wildman–Crippen LogP) is 5.13. The average molecular weight is 439 g/mol. The van der Waals surface area contributed by atoms with Crippen molar-refractivity contribution in [2.24, 2.45) is 0 Å². The van der Waals surface area contributed by atoms with Crippen LogP contribution in [0.15, 0.2) is 41.8 Å². The fourth-order valence-electron chi connectivity index (χ4n) is 3.35. The van der Waals surface area contributed by atoms with Gasteiger partial charge >= 0.3 is 6.18 Å². The van der Waals surface area contributed by atoms with Gasteiger partial charge in [0.05, 0.1) is 10.6 Å². The topological polar surface area (TPSA) is 47.4 Å². The minimum absolute atomic E-state index is 0.0544. The van der Waals surface area contributed by atoms with Crippen LogP contribution in [0.2, 0.25) is 0 Å². The van der Waals surface area contributed by atoms with Gasteiger partial charge in [-0.05, 0) is 36.9 Å². The van der Waals surface area contributed by atoms with Gasteiger partial charge in [-0.3, -0.25) is 9.69 Å². The summed E-state index contributed by atoms with van der Waals surface area (Å²) in [5.41, 5.74) is 1.12. The molecule has 0 N–H and O–H groups in total. The van der Waals surface area contributed by atoms with Gasteiger partial charge in [0.15, 0.2) is 6.04 Å². The number of hydrogen-bond acceptors (Lipinski definition) is 4. The number of carbonyl (C=O) groups is 1. The lowest BCUT2D eigenvalue weighted by Crippen LogP contribution is -2.42. The third-order valence-corrected chi connectivity index (χ3v) is 5.69. The Morgan fingerprint density at radius 1 is 1.30 bits per heavy atom. The molecule has 1 amide bonds. The summed E-state index contributed by atoms with van der Waals surface area (Å²) in [6, 6.07) is 7.09. The van der Waals surface area contributed by atoms with Crippen LogP contribution in [0.1, 0.15) is 33.4 Å². The molecule has 1 aromatic carbocycles. The van der Waals surface area contributed by atoms with Crippen LogP contribution in [-0.2, 0) is 6.61 Å². The van der Waals surface area contributed by atoms with Crippen molar-refractivity contribution in [1.82, 2.24) is 9.78 Å². The second-order valence-corrected chi connectivity index (χ2v) is 7.87. The number of rotatable bonds is 4. The Morgan fingerprint density at radius 2 is 2.10 bits per heavy atom. The van der Waals surface area contributed by atoms with Crippen LogP contribution in [0.4, 0.5) is 23.4 Å². The molecule has 30 heavy (non-hydrogen) atoms. The maximum absolute atomic E-state index is 13.3. The van der Waals surface area contributed by atoms with E-state index in [1.165, 1.54) is 40.5 Å². The molecule has 0 radical (unpaired) electrons. The lowest BCUT2D eigenvalue weighted by Gasteiger charge is -2.33. The number of anilines is 1. The molecule has 1 aliphatic heterocycles. The predicted molar refractivity (Wildman–Crippen MR) is 103 cm³/mol. The normalized spacial score (nSPS) is 16.4. The second kappa shape index (κ2) is 7.75. The number of halogens is 4. The van der Waals surface area contributed by atoms with Gasteiger partial charge in [-0.15, -0.1) is 11.3 Å². The minimum Gasteiger partial charge on any atom is -0.489 e. The standard InChI is InChI=1S/C20H17F4N3O2S/c1-12-7-18-26(6-5-17(20(22,23)24)27(18)25-12)19(28)16-8-13(11-30-16)10-29-15-4-2-3-14(21)9-15/h2-4,7-9,11,17H,5-6,10H2,1H3. The minimum atomic E-state index is -4.44. The van der Waals surface area contributed by atoms with Crippen molar-refractivity contribution in [2.75, 3.05) is 11.4 Å². The van der Waals surface area contributed by atoms with Crippen molar-refractivity contribution in [1.29, 1.82) is 0 Å². The molecule has 0 bridgehead atoms. The van der Waals surface area contributed by atoms with Gasteiger partial charge in [-0.25, -0.2) is 9.07 Å². The van der Waals surface area contributed by atoms with Crippen LogP contribution in [0, 0.1) is 12.7 Å². The van der Waals surface area contributed by atoms with Crippen molar-refractivity contribution in [2.45, 2.75) is 32.2 Å². The monoisotopic (exact) mass is 439 g/mol. The molecule has 0 saturated heterocycles. The summed E-state index contributed by atoms with van der Waals surface area (Å²) >= 11 is 1.18. The quantitative estimate of drug-likeness (QED) is 0.530. The number of amides is 1. The van der Waals surface area contributed by atoms with Gasteiger partial charge in [-0.2, -0.15) is 18.3 Å². The fourth-order valence-corrected chi connectivity index (χ4v) is 4.19. The van der Waals surface area contributed by atoms with Gasteiger partial charge in [-0.1, -0.05) is 6.07 Å². The molecule has 0 saturated carbocycles. The summed E-state index contributed by atoms with van der Waals surface area (Å²) in [5, 5.41) is 5.69. The van der Waals surface area contributed by atoms with E-state index >= 15 is 0 Å². The number of thiophene rings is 1. The van der Waals surface area contributed by atoms with Crippen LogP contribution >= 0.6 is 11.3 Å². The van der Waals surface area contributed by atoms with Crippen LogP contribution in [0.5, 0.6) is 5.75 Å². The molecule has 3 aromatic rings. The van der Waals surface area contributed by atoms with E-state index in [1.54, 1.807) is 24.4 Å². The van der Waals surface area contributed by atoms with E-state index in [4.69, 9.17) is 4.74 Å². The first-order valence-corrected chi connectivity index (χ1v) is 10.0. The Labute approximate surface area is 173 Å². The number of aryl methyl sites for hydroxylation is 1. The van der Waals surface area contributed by atoms with E-state index in [1.807, 2.05) is 0 Å². The summed E-state index contributed by atoms with van der Waals surface area (Å²) in [7, 11) is 0. The van der Waals surface area contributed by atoms with Crippen LogP contribution in [-0.4, -0.2) is 28.4 Å². The Bertz CT molecular complexity index is 1080.